The van der Waals surface area contributed by atoms with Crippen LogP contribution >= 0.6 is 11.3 Å². The Balaban J connectivity index is 2.95. The molecule has 0 amide bonds. The van der Waals surface area contributed by atoms with Crippen molar-refractivity contribution in [3.05, 3.63) is 29.9 Å². The minimum Gasteiger partial charge on any atom is -0.254 e. The van der Waals surface area contributed by atoms with Gasteiger partial charge in [-0.15, -0.1) is 11.3 Å². The molecular weight excluding hydrogens is 130 g/mol. The highest BCUT2D eigenvalue weighted by molar-refractivity contribution is 7.17. The molecule has 9 heavy (non-hydrogen) atoms. The molecule has 0 fully saturated rings. The van der Waals surface area contributed by atoms with Gasteiger partial charge in [0.2, 0.25) is 0 Å². The van der Waals surface area contributed by atoms with Crippen molar-refractivity contribution in [3.63, 3.8) is 0 Å². The molecule has 2 heterocycles. The maximum Gasteiger partial charge on any atom is 0.0979 e. The van der Waals surface area contributed by atoms with Crippen LogP contribution in [-0.4, -0.2) is 4.98 Å². The van der Waals surface area contributed by atoms with Crippen molar-refractivity contribution in [1.29, 1.82) is 0 Å². The van der Waals surface area contributed by atoms with Crippen LogP contribution in [0.4, 0.5) is 0 Å². The van der Waals surface area contributed by atoms with Crippen LogP contribution in [-0.2, 0) is 0 Å². The zero-order chi connectivity index (χ0) is 6.10. The molecule has 1 radical (unpaired) electrons. The summed E-state index contributed by atoms with van der Waals surface area (Å²) in [6, 6.07) is 4.02. The first-order valence-corrected chi connectivity index (χ1v) is 3.55. The van der Waals surface area contributed by atoms with Gasteiger partial charge >= 0.3 is 0 Å². The fraction of sp³-hybridized carbons (Fsp3) is 0. The Bertz CT molecular complexity index is 283. The first kappa shape index (κ1) is 4.94. The summed E-state index contributed by atoms with van der Waals surface area (Å²) in [7, 11) is 0. The van der Waals surface area contributed by atoms with Crippen LogP contribution in [0.1, 0.15) is 0 Å². The smallest absolute Gasteiger partial charge is 0.0979 e. The number of rotatable bonds is 0. The molecule has 43 valence electrons. The maximum atomic E-state index is 3.87. The average Bonchev–Trinajstić information content (AvgIpc) is 2.33. The third-order valence-corrected chi connectivity index (χ3v) is 2.06. The van der Waals surface area contributed by atoms with E-state index in [0.29, 0.717) is 0 Å². The van der Waals surface area contributed by atoms with E-state index in [2.05, 4.69) is 11.2 Å². The van der Waals surface area contributed by atoms with E-state index in [1.165, 1.54) is 4.70 Å². The van der Waals surface area contributed by atoms with E-state index in [4.69, 9.17) is 0 Å². The number of hydrogen-bond acceptors (Lipinski definition) is 2. The van der Waals surface area contributed by atoms with Crippen LogP contribution in [0.25, 0.3) is 10.1 Å². The summed E-state index contributed by atoms with van der Waals surface area (Å²) in [6.45, 7) is 0. The van der Waals surface area contributed by atoms with Crippen molar-refractivity contribution in [2.75, 3.05) is 0 Å². The number of thiophene rings is 1. The first-order valence-electron chi connectivity index (χ1n) is 2.67. The SMILES string of the molecule is [c]1nccc2sccc12. The molecule has 0 spiro atoms. The summed E-state index contributed by atoms with van der Waals surface area (Å²) in [5.41, 5.74) is 0. The summed E-state index contributed by atoms with van der Waals surface area (Å²) in [5.74, 6) is 0. The van der Waals surface area contributed by atoms with Crippen molar-refractivity contribution in [2.45, 2.75) is 0 Å². The lowest BCUT2D eigenvalue weighted by atomic mass is 10.4. The van der Waals surface area contributed by atoms with E-state index in [-0.39, 0.29) is 0 Å². The van der Waals surface area contributed by atoms with Gasteiger partial charge in [-0.05, 0) is 17.5 Å². The summed E-state index contributed by atoms with van der Waals surface area (Å²) in [4.78, 5) is 3.87. The quantitative estimate of drug-likeness (QED) is 0.537. The van der Waals surface area contributed by atoms with Crippen LogP contribution in [0.15, 0.2) is 23.7 Å². The second-order valence-electron chi connectivity index (χ2n) is 1.76. The topological polar surface area (TPSA) is 12.9 Å². The third-order valence-electron chi connectivity index (χ3n) is 1.18. The maximum absolute atomic E-state index is 3.87. The van der Waals surface area contributed by atoms with Gasteiger partial charge in [-0.25, -0.2) is 0 Å². The van der Waals surface area contributed by atoms with E-state index in [1.807, 2.05) is 17.5 Å². The highest BCUT2D eigenvalue weighted by Crippen LogP contribution is 2.17. The zero-order valence-corrected chi connectivity index (χ0v) is 5.48. The number of hydrogen-bond donors (Lipinski definition) is 0. The van der Waals surface area contributed by atoms with Crippen LogP contribution in [0.5, 0.6) is 0 Å². The molecule has 0 bridgehead atoms. The Morgan fingerprint density at radius 3 is 3.33 bits per heavy atom. The second kappa shape index (κ2) is 1.81. The van der Waals surface area contributed by atoms with E-state index in [9.17, 15) is 0 Å². The third kappa shape index (κ3) is 0.715. The molecule has 0 saturated heterocycles. The second-order valence-corrected chi connectivity index (χ2v) is 2.70. The van der Waals surface area contributed by atoms with E-state index < -0.39 is 0 Å². The molecular formula is C7H4NS. The molecule has 0 aliphatic carbocycles. The van der Waals surface area contributed by atoms with E-state index in [0.717, 1.165) is 5.39 Å². The van der Waals surface area contributed by atoms with Crippen molar-refractivity contribution in [3.8, 4) is 0 Å². The van der Waals surface area contributed by atoms with Gasteiger partial charge in [0.1, 0.15) is 0 Å². The Morgan fingerprint density at radius 2 is 2.44 bits per heavy atom. The van der Waals surface area contributed by atoms with Gasteiger partial charge in [0.25, 0.3) is 0 Å². The van der Waals surface area contributed by atoms with Gasteiger partial charge in [0.15, 0.2) is 0 Å². The fourth-order valence-electron chi connectivity index (χ4n) is 0.754. The molecule has 2 aromatic heterocycles. The van der Waals surface area contributed by atoms with E-state index in [1.54, 1.807) is 17.5 Å². The Hall–Kier alpha value is -0.890. The van der Waals surface area contributed by atoms with Gasteiger partial charge in [-0.2, -0.15) is 0 Å². The van der Waals surface area contributed by atoms with Gasteiger partial charge in [0, 0.05) is 16.3 Å². The molecule has 0 atom stereocenters. The predicted octanol–water partition coefficient (Wildman–Crippen LogP) is 2.10. The Morgan fingerprint density at radius 1 is 1.44 bits per heavy atom. The first-order chi connectivity index (χ1) is 4.47. The van der Waals surface area contributed by atoms with Gasteiger partial charge in [0.05, 0.1) is 6.20 Å². The molecule has 2 heteroatoms. The van der Waals surface area contributed by atoms with Crippen molar-refractivity contribution in [1.82, 2.24) is 4.98 Å². The van der Waals surface area contributed by atoms with Crippen LogP contribution < -0.4 is 0 Å². The van der Waals surface area contributed by atoms with E-state index >= 15 is 0 Å². The molecule has 2 aromatic rings. The average molecular weight is 134 g/mol. The molecule has 0 aromatic carbocycles. The zero-order valence-electron chi connectivity index (χ0n) is 4.66. The molecule has 2 rings (SSSR count). The Labute approximate surface area is 57.0 Å². The van der Waals surface area contributed by atoms with Crippen LogP contribution in [0.2, 0.25) is 0 Å². The van der Waals surface area contributed by atoms with Crippen LogP contribution in [0.3, 0.4) is 0 Å². The number of nitrogens with zero attached hydrogens (tertiary/aromatic N) is 1. The standard InChI is InChI=1S/C7H4NS/c1-3-8-5-6-2-4-9-7(1)6/h1-4H. The number of pyridine rings is 1. The molecule has 0 saturated carbocycles. The lowest BCUT2D eigenvalue weighted by Gasteiger charge is -1.80. The van der Waals surface area contributed by atoms with Gasteiger partial charge < -0.3 is 0 Å². The highest BCUT2D eigenvalue weighted by Gasteiger charge is 1.89. The molecule has 1 nitrogen and oxygen atoms in total. The van der Waals surface area contributed by atoms with Gasteiger partial charge in [-0.1, -0.05) is 0 Å². The highest BCUT2D eigenvalue weighted by atomic mass is 32.1. The summed E-state index contributed by atoms with van der Waals surface area (Å²) in [5, 5.41) is 3.16. The monoisotopic (exact) mass is 134 g/mol. The molecule has 0 aliphatic heterocycles. The molecule has 0 unspecified atom stereocenters. The molecule has 0 aliphatic rings. The summed E-state index contributed by atoms with van der Waals surface area (Å²) in [6.07, 6.45) is 4.65. The largest absolute Gasteiger partial charge is 0.254 e. The minimum atomic E-state index is 1.11. The number of aromatic nitrogens is 1. The van der Waals surface area contributed by atoms with Crippen molar-refractivity contribution < 1.29 is 0 Å². The van der Waals surface area contributed by atoms with Gasteiger partial charge in [-0.3, -0.25) is 4.98 Å². The predicted molar refractivity (Wildman–Crippen MR) is 38.5 cm³/mol. The normalized spacial score (nSPS) is 10.2. The fourth-order valence-corrected chi connectivity index (χ4v) is 1.48. The van der Waals surface area contributed by atoms with Crippen molar-refractivity contribution in [2.24, 2.45) is 0 Å². The van der Waals surface area contributed by atoms with Crippen LogP contribution in [0, 0.1) is 6.20 Å². The van der Waals surface area contributed by atoms with Crippen molar-refractivity contribution >= 4 is 21.4 Å². The molecule has 0 N–H and O–H groups in total. The summed E-state index contributed by atoms with van der Waals surface area (Å²) < 4.78 is 1.25. The number of fused-ring (bicyclic) bond motifs is 1. The lowest BCUT2D eigenvalue weighted by molar-refractivity contribution is 1.35. The lowest BCUT2D eigenvalue weighted by Crippen LogP contribution is -1.65. The Kier molecular flexibility index (Phi) is 0.993. The summed E-state index contributed by atoms with van der Waals surface area (Å²) >= 11 is 1.72. The minimum absolute atomic E-state index is 1.11.